The molecule has 0 unspecified atom stereocenters. The molecule has 2 rings (SSSR count). The Morgan fingerprint density at radius 2 is 2.29 bits per heavy atom. The van der Waals surface area contributed by atoms with Crippen molar-refractivity contribution in [2.75, 3.05) is 12.4 Å². The second kappa shape index (κ2) is 6.73. The zero-order valence-corrected chi connectivity index (χ0v) is 13.1. The number of hydrogen-bond acceptors (Lipinski definition) is 6. The highest BCUT2D eigenvalue weighted by atomic mass is 35.5. The summed E-state index contributed by atoms with van der Waals surface area (Å²) in [6.07, 6.45) is 1.42. The summed E-state index contributed by atoms with van der Waals surface area (Å²) in [5, 5.41) is 11.1. The summed E-state index contributed by atoms with van der Waals surface area (Å²) in [6, 6.07) is 0. The van der Waals surface area contributed by atoms with Gasteiger partial charge in [-0.1, -0.05) is 11.6 Å². The Morgan fingerprint density at radius 3 is 2.90 bits per heavy atom. The van der Waals surface area contributed by atoms with E-state index in [9.17, 15) is 9.59 Å². The lowest BCUT2D eigenvalue weighted by molar-refractivity contribution is -0.141. The number of ether oxygens (including phenoxy) is 1. The fourth-order valence-electron chi connectivity index (χ4n) is 1.65. The Hall–Kier alpha value is -1.86. The normalized spacial score (nSPS) is 10.4. The minimum absolute atomic E-state index is 0.00165. The van der Waals surface area contributed by atoms with Gasteiger partial charge in [-0.3, -0.25) is 9.59 Å². The number of aryl methyl sites for hydroxylation is 1. The van der Waals surface area contributed by atoms with Crippen molar-refractivity contribution < 1.29 is 9.53 Å². The van der Waals surface area contributed by atoms with Crippen LogP contribution in [0.2, 0.25) is 5.02 Å². The van der Waals surface area contributed by atoms with E-state index in [0.29, 0.717) is 12.2 Å². The number of carbonyl (C=O) groups is 1. The first-order chi connectivity index (χ1) is 10.0. The van der Waals surface area contributed by atoms with Gasteiger partial charge in [-0.2, -0.15) is 16.4 Å². The SMILES string of the molecule is COC(=O)Cn1ncc(NCc2cscc2C)c(Cl)c1=O. The minimum atomic E-state index is -0.560. The number of halogens is 1. The molecule has 21 heavy (non-hydrogen) atoms. The van der Waals surface area contributed by atoms with Crippen molar-refractivity contribution in [2.24, 2.45) is 0 Å². The zero-order valence-electron chi connectivity index (χ0n) is 11.6. The molecule has 112 valence electrons. The van der Waals surface area contributed by atoms with Gasteiger partial charge in [0.2, 0.25) is 0 Å². The van der Waals surface area contributed by atoms with Crippen LogP contribution in [-0.2, 0) is 22.6 Å². The van der Waals surface area contributed by atoms with Gasteiger partial charge in [-0.25, -0.2) is 4.68 Å². The maximum absolute atomic E-state index is 12.0. The Kier molecular flexibility index (Phi) is 4.98. The molecule has 0 saturated heterocycles. The molecule has 2 aromatic heterocycles. The number of carbonyl (C=O) groups excluding carboxylic acids is 1. The molecule has 0 amide bonds. The van der Waals surface area contributed by atoms with Crippen LogP contribution in [0.25, 0.3) is 0 Å². The van der Waals surface area contributed by atoms with E-state index < -0.39 is 11.5 Å². The smallest absolute Gasteiger partial charge is 0.327 e. The quantitative estimate of drug-likeness (QED) is 0.851. The second-order valence-corrected chi connectivity index (χ2v) is 5.47. The molecule has 0 fully saturated rings. The summed E-state index contributed by atoms with van der Waals surface area (Å²) < 4.78 is 5.46. The lowest BCUT2D eigenvalue weighted by atomic mass is 10.2. The predicted octanol–water partition coefficient (Wildman–Crippen LogP) is 2.05. The number of hydrogen-bond donors (Lipinski definition) is 1. The minimum Gasteiger partial charge on any atom is -0.468 e. The van der Waals surface area contributed by atoms with Crippen molar-refractivity contribution in [2.45, 2.75) is 20.0 Å². The highest BCUT2D eigenvalue weighted by Crippen LogP contribution is 2.19. The molecule has 0 aliphatic heterocycles. The lowest BCUT2D eigenvalue weighted by Gasteiger charge is -2.09. The van der Waals surface area contributed by atoms with Gasteiger partial charge in [0.1, 0.15) is 11.6 Å². The number of nitrogens with zero attached hydrogens (tertiary/aromatic N) is 2. The Morgan fingerprint density at radius 1 is 1.52 bits per heavy atom. The van der Waals surface area contributed by atoms with Crippen molar-refractivity contribution in [3.8, 4) is 0 Å². The van der Waals surface area contributed by atoms with E-state index >= 15 is 0 Å². The highest BCUT2D eigenvalue weighted by Gasteiger charge is 2.12. The molecule has 0 aliphatic rings. The molecule has 0 aromatic carbocycles. The topological polar surface area (TPSA) is 73.2 Å². The number of aromatic nitrogens is 2. The first-order valence-electron chi connectivity index (χ1n) is 6.11. The molecule has 8 heteroatoms. The number of methoxy groups -OCH3 is 1. The zero-order chi connectivity index (χ0) is 15.4. The average molecular weight is 328 g/mol. The summed E-state index contributed by atoms with van der Waals surface area (Å²) in [5.74, 6) is -0.560. The van der Waals surface area contributed by atoms with Gasteiger partial charge < -0.3 is 10.1 Å². The molecule has 0 bridgehead atoms. The van der Waals surface area contributed by atoms with Crippen molar-refractivity contribution in [3.63, 3.8) is 0 Å². The van der Waals surface area contributed by atoms with Gasteiger partial charge >= 0.3 is 5.97 Å². The monoisotopic (exact) mass is 327 g/mol. The number of nitrogens with one attached hydrogen (secondary N) is 1. The first kappa shape index (κ1) is 15.5. The standard InChI is InChI=1S/C13H14ClN3O3S/c1-8-6-21-7-9(8)3-15-10-4-16-17(5-11(18)20-2)13(19)12(10)14/h4,6-7,15H,3,5H2,1-2H3. The van der Waals surface area contributed by atoms with Gasteiger partial charge in [0.15, 0.2) is 0 Å². The molecule has 0 aliphatic carbocycles. The summed E-state index contributed by atoms with van der Waals surface area (Å²) in [4.78, 5) is 23.2. The van der Waals surface area contributed by atoms with Gasteiger partial charge in [0.05, 0.1) is 19.0 Å². The van der Waals surface area contributed by atoms with E-state index in [1.807, 2.05) is 17.7 Å². The average Bonchev–Trinajstić information content (AvgIpc) is 2.88. The van der Waals surface area contributed by atoms with Crippen molar-refractivity contribution in [3.05, 3.63) is 43.5 Å². The van der Waals surface area contributed by atoms with E-state index in [2.05, 4.69) is 15.2 Å². The number of rotatable bonds is 5. The molecule has 2 aromatic rings. The van der Waals surface area contributed by atoms with Crippen LogP contribution < -0.4 is 10.9 Å². The van der Waals surface area contributed by atoms with E-state index in [4.69, 9.17) is 11.6 Å². The molecule has 0 atom stereocenters. The van der Waals surface area contributed by atoms with Gasteiger partial charge in [0, 0.05) is 6.54 Å². The van der Waals surface area contributed by atoms with Gasteiger partial charge in [0.25, 0.3) is 5.56 Å². The van der Waals surface area contributed by atoms with Crippen molar-refractivity contribution in [1.82, 2.24) is 9.78 Å². The van der Waals surface area contributed by atoms with Crippen LogP contribution in [-0.4, -0.2) is 22.9 Å². The highest BCUT2D eigenvalue weighted by molar-refractivity contribution is 7.08. The molecular formula is C13H14ClN3O3S. The van der Waals surface area contributed by atoms with Crippen LogP contribution >= 0.6 is 22.9 Å². The van der Waals surface area contributed by atoms with Crippen LogP contribution in [0.4, 0.5) is 5.69 Å². The van der Waals surface area contributed by atoms with E-state index in [1.165, 1.54) is 18.9 Å². The molecule has 6 nitrogen and oxygen atoms in total. The maximum atomic E-state index is 12.0. The number of thiophene rings is 1. The first-order valence-corrected chi connectivity index (χ1v) is 7.43. The van der Waals surface area contributed by atoms with Crippen LogP contribution in [0, 0.1) is 6.92 Å². The third-order valence-electron chi connectivity index (χ3n) is 2.92. The lowest BCUT2D eigenvalue weighted by Crippen LogP contribution is -2.28. The largest absolute Gasteiger partial charge is 0.468 e. The fraction of sp³-hybridized carbons (Fsp3) is 0.308. The van der Waals surface area contributed by atoms with Gasteiger partial charge in [-0.15, -0.1) is 0 Å². The van der Waals surface area contributed by atoms with Crippen LogP contribution in [0.15, 0.2) is 21.8 Å². The summed E-state index contributed by atoms with van der Waals surface area (Å²) in [5.41, 5.74) is 2.22. The van der Waals surface area contributed by atoms with Crippen LogP contribution in [0.5, 0.6) is 0 Å². The van der Waals surface area contributed by atoms with Crippen molar-refractivity contribution >= 4 is 34.6 Å². The molecule has 0 radical (unpaired) electrons. The van der Waals surface area contributed by atoms with Crippen LogP contribution in [0.1, 0.15) is 11.1 Å². The van der Waals surface area contributed by atoms with Crippen LogP contribution in [0.3, 0.4) is 0 Å². The Labute approximate surface area is 130 Å². The third-order valence-corrected chi connectivity index (χ3v) is 4.20. The molecule has 2 heterocycles. The molecule has 0 saturated carbocycles. The van der Waals surface area contributed by atoms with Crippen molar-refractivity contribution in [1.29, 1.82) is 0 Å². The Bertz CT molecular complexity index is 711. The molecule has 1 N–H and O–H groups in total. The third kappa shape index (κ3) is 3.62. The summed E-state index contributed by atoms with van der Waals surface area (Å²) >= 11 is 7.63. The van der Waals surface area contributed by atoms with E-state index in [-0.39, 0.29) is 11.6 Å². The van der Waals surface area contributed by atoms with Gasteiger partial charge in [-0.05, 0) is 28.8 Å². The predicted molar refractivity (Wildman–Crippen MR) is 81.9 cm³/mol. The Balaban J connectivity index is 2.15. The number of anilines is 1. The maximum Gasteiger partial charge on any atom is 0.327 e. The summed E-state index contributed by atoms with van der Waals surface area (Å²) in [6.45, 7) is 2.30. The second-order valence-electron chi connectivity index (χ2n) is 4.34. The van der Waals surface area contributed by atoms with E-state index in [0.717, 1.165) is 10.2 Å². The summed E-state index contributed by atoms with van der Waals surface area (Å²) in [7, 11) is 1.24. The fourth-order valence-corrected chi connectivity index (χ4v) is 2.72. The van der Waals surface area contributed by atoms with E-state index in [1.54, 1.807) is 11.3 Å². The number of esters is 1. The molecular weight excluding hydrogens is 314 g/mol. The molecule has 0 spiro atoms.